The first-order valence-electron chi connectivity index (χ1n) is 6.17. The van der Waals surface area contributed by atoms with Crippen LogP contribution in [0.4, 0.5) is 11.5 Å². The number of ether oxygens (including phenoxy) is 2. The van der Waals surface area contributed by atoms with Gasteiger partial charge in [-0.1, -0.05) is 6.92 Å². The number of rotatable bonds is 5. The van der Waals surface area contributed by atoms with Crippen LogP contribution in [0, 0.1) is 10.1 Å². The summed E-state index contributed by atoms with van der Waals surface area (Å²) in [7, 11) is 1.43. The average molecular weight is 290 g/mol. The van der Waals surface area contributed by atoms with E-state index in [1.807, 2.05) is 6.92 Å². The molecule has 0 spiro atoms. The Bertz CT molecular complexity index is 675. The number of aromatic nitrogens is 2. The molecule has 0 fully saturated rings. The molecule has 2 rings (SSSR count). The summed E-state index contributed by atoms with van der Waals surface area (Å²) in [6.45, 7) is 1.87. The van der Waals surface area contributed by atoms with Gasteiger partial charge in [-0.3, -0.25) is 10.1 Å². The first-order valence-corrected chi connectivity index (χ1v) is 6.17. The SMILES string of the molecule is CCc1nc(N)cc(Oc2ccc(OC)cc2[N+](=O)[O-])n1. The fourth-order valence-corrected chi connectivity index (χ4v) is 1.67. The molecule has 1 heterocycles. The molecule has 0 bridgehead atoms. The Kier molecular flexibility index (Phi) is 4.17. The molecule has 8 nitrogen and oxygen atoms in total. The highest BCUT2D eigenvalue weighted by Crippen LogP contribution is 2.34. The van der Waals surface area contributed by atoms with E-state index in [2.05, 4.69) is 9.97 Å². The zero-order valence-electron chi connectivity index (χ0n) is 11.6. The Morgan fingerprint density at radius 3 is 2.71 bits per heavy atom. The molecule has 1 aromatic heterocycles. The van der Waals surface area contributed by atoms with Gasteiger partial charge in [0, 0.05) is 12.5 Å². The maximum atomic E-state index is 11.1. The van der Waals surface area contributed by atoms with E-state index in [4.69, 9.17) is 15.2 Å². The van der Waals surface area contributed by atoms with Crippen LogP contribution in [-0.4, -0.2) is 22.0 Å². The molecule has 0 radical (unpaired) electrons. The van der Waals surface area contributed by atoms with E-state index >= 15 is 0 Å². The molecule has 1 aromatic carbocycles. The number of nitrogens with two attached hydrogens (primary N) is 1. The van der Waals surface area contributed by atoms with Gasteiger partial charge in [0.25, 0.3) is 0 Å². The summed E-state index contributed by atoms with van der Waals surface area (Å²) in [6, 6.07) is 5.70. The van der Waals surface area contributed by atoms with Gasteiger partial charge in [0.05, 0.1) is 18.1 Å². The minimum absolute atomic E-state index is 0.0564. The topological polar surface area (TPSA) is 113 Å². The second-order valence-electron chi connectivity index (χ2n) is 4.09. The van der Waals surface area contributed by atoms with Crippen LogP contribution < -0.4 is 15.2 Å². The highest BCUT2D eigenvalue weighted by molar-refractivity contribution is 5.52. The highest BCUT2D eigenvalue weighted by Gasteiger charge is 2.18. The van der Waals surface area contributed by atoms with Crippen LogP contribution in [0.5, 0.6) is 17.4 Å². The minimum atomic E-state index is -0.552. The molecule has 0 aliphatic heterocycles. The molecule has 0 amide bonds. The van der Waals surface area contributed by atoms with Gasteiger partial charge in [-0.25, -0.2) is 4.98 Å². The summed E-state index contributed by atoms with van der Waals surface area (Å²) in [5.74, 6) is 1.33. The Balaban J connectivity index is 2.39. The summed E-state index contributed by atoms with van der Waals surface area (Å²) in [4.78, 5) is 18.7. The largest absolute Gasteiger partial charge is 0.496 e. The monoisotopic (exact) mass is 290 g/mol. The van der Waals surface area contributed by atoms with Crippen molar-refractivity contribution in [2.75, 3.05) is 12.8 Å². The Morgan fingerprint density at radius 1 is 1.33 bits per heavy atom. The van der Waals surface area contributed by atoms with E-state index in [1.54, 1.807) is 6.07 Å². The van der Waals surface area contributed by atoms with Crippen LogP contribution in [0.15, 0.2) is 24.3 Å². The maximum Gasteiger partial charge on any atom is 0.315 e. The summed E-state index contributed by atoms with van der Waals surface area (Å²) in [6.07, 6.45) is 0.576. The number of nitro benzene ring substituents is 1. The quantitative estimate of drug-likeness (QED) is 0.663. The smallest absolute Gasteiger partial charge is 0.315 e. The van der Waals surface area contributed by atoms with Crippen molar-refractivity contribution in [1.29, 1.82) is 0 Å². The molecular formula is C13H14N4O4. The lowest BCUT2D eigenvalue weighted by molar-refractivity contribution is -0.385. The molecule has 8 heteroatoms. The number of nitrogen functional groups attached to an aromatic ring is 1. The van der Waals surface area contributed by atoms with Gasteiger partial charge in [-0.2, -0.15) is 4.98 Å². The Labute approximate surface area is 120 Å². The van der Waals surface area contributed by atoms with Crippen LogP contribution in [0.3, 0.4) is 0 Å². The van der Waals surface area contributed by atoms with Crippen LogP contribution in [0.2, 0.25) is 0 Å². The number of nitro groups is 1. The summed E-state index contributed by atoms with van der Waals surface area (Å²) >= 11 is 0. The molecule has 0 unspecified atom stereocenters. The van der Waals surface area contributed by atoms with Gasteiger partial charge in [0.2, 0.25) is 11.6 Å². The van der Waals surface area contributed by atoms with Crippen LogP contribution >= 0.6 is 0 Å². The van der Waals surface area contributed by atoms with Crippen molar-refractivity contribution >= 4 is 11.5 Å². The average Bonchev–Trinajstić information content (AvgIpc) is 2.46. The second-order valence-corrected chi connectivity index (χ2v) is 4.09. The van der Waals surface area contributed by atoms with Crippen molar-refractivity contribution in [2.24, 2.45) is 0 Å². The molecule has 2 N–H and O–H groups in total. The lowest BCUT2D eigenvalue weighted by Gasteiger charge is -2.08. The number of methoxy groups -OCH3 is 1. The van der Waals surface area contributed by atoms with Crippen molar-refractivity contribution in [3.05, 3.63) is 40.2 Å². The molecule has 2 aromatic rings. The predicted molar refractivity (Wildman–Crippen MR) is 75.5 cm³/mol. The molecule has 0 aliphatic carbocycles. The standard InChI is InChI=1S/C13H14N4O4/c1-3-12-15-11(14)7-13(16-12)21-10-5-4-8(20-2)6-9(10)17(18)19/h4-7H,3H2,1-2H3,(H2,14,15,16). The maximum absolute atomic E-state index is 11.1. The number of aryl methyl sites for hydroxylation is 1. The molecule has 0 saturated heterocycles. The predicted octanol–water partition coefficient (Wildman–Crippen LogP) is 2.33. The third kappa shape index (κ3) is 3.35. The number of hydrogen-bond donors (Lipinski definition) is 1. The van der Waals surface area contributed by atoms with Crippen molar-refractivity contribution in [3.8, 4) is 17.4 Å². The van der Waals surface area contributed by atoms with Gasteiger partial charge < -0.3 is 15.2 Å². The third-order valence-electron chi connectivity index (χ3n) is 2.66. The van der Waals surface area contributed by atoms with Crippen LogP contribution in [0.25, 0.3) is 0 Å². The molecule has 110 valence electrons. The van der Waals surface area contributed by atoms with Gasteiger partial charge in [-0.15, -0.1) is 0 Å². The molecule has 0 atom stereocenters. The van der Waals surface area contributed by atoms with E-state index in [-0.39, 0.29) is 23.1 Å². The number of hydrogen-bond acceptors (Lipinski definition) is 7. The summed E-state index contributed by atoms with van der Waals surface area (Å²) < 4.78 is 10.4. The van der Waals surface area contributed by atoms with E-state index in [0.717, 1.165) is 0 Å². The highest BCUT2D eigenvalue weighted by atomic mass is 16.6. The normalized spacial score (nSPS) is 10.2. The van der Waals surface area contributed by atoms with Crippen LogP contribution in [0.1, 0.15) is 12.7 Å². The van der Waals surface area contributed by atoms with E-state index in [1.165, 1.54) is 25.3 Å². The van der Waals surface area contributed by atoms with Gasteiger partial charge in [0.1, 0.15) is 17.4 Å². The molecule has 0 aliphatic rings. The molecular weight excluding hydrogens is 276 g/mol. The summed E-state index contributed by atoms with van der Waals surface area (Å²) in [5, 5.41) is 11.1. The Morgan fingerprint density at radius 2 is 2.10 bits per heavy atom. The van der Waals surface area contributed by atoms with Crippen molar-refractivity contribution in [3.63, 3.8) is 0 Å². The van der Waals surface area contributed by atoms with E-state index < -0.39 is 4.92 Å². The zero-order chi connectivity index (χ0) is 15.4. The lowest BCUT2D eigenvalue weighted by Crippen LogP contribution is -2.01. The first-order chi connectivity index (χ1) is 10.0. The van der Waals surface area contributed by atoms with Gasteiger partial charge in [-0.05, 0) is 12.1 Å². The molecule has 21 heavy (non-hydrogen) atoms. The second kappa shape index (κ2) is 6.04. The number of nitrogens with zero attached hydrogens (tertiary/aromatic N) is 3. The fraction of sp³-hybridized carbons (Fsp3) is 0.231. The van der Waals surface area contributed by atoms with Gasteiger partial charge >= 0.3 is 5.69 Å². The number of benzene rings is 1. The first kappa shape index (κ1) is 14.5. The van der Waals surface area contributed by atoms with Crippen molar-refractivity contribution in [1.82, 2.24) is 9.97 Å². The third-order valence-corrected chi connectivity index (χ3v) is 2.66. The van der Waals surface area contributed by atoms with Crippen LogP contribution in [-0.2, 0) is 6.42 Å². The van der Waals surface area contributed by atoms with E-state index in [9.17, 15) is 10.1 Å². The van der Waals surface area contributed by atoms with E-state index in [0.29, 0.717) is 18.0 Å². The van der Waals surface area contributed by atoms with Crippen molar-refractivity contribution in [2.45, 2.75) is 13.3 Å². The number of anilines is 1. The van der Waals surface area contributed by atoms with Crippen molar-refractivity contribution < 1.29 is 14.4 Å². The zero-order valence-corrected chi connectivity index (χ0v) is 11.6. The summed E-state index contributed by atoms with van der Waals surface area (Å²) in [5.41, 5.74) is 5.43. The molecule has 0 saturated carbocycles. The minimum Gasteiger partial charge on any atom is -0.496 e. The fourth-order valence-electron chi connectivity index (χ4n) is 1.67. The Hall–Kier alpha value is -2.90. The van der Waals surface area contributed by atoms with Gasteiger partial charge in [0.15, 0.2) is 0 Å². The lowest BCUT2D eigenvalue weighted by atomic mass is 10.3.